The van der Waals surface area contributed by atoms with Gasteiger partial charge in [-0.25, -0.2) is 0 Å². The molecule has 1 aliphatic rings. The second-order valence-corrected chi connectivity index (χ2v) is 6.17. The lowest BCUT2D eigenvalue weighted by atomic mass is 10.2. The number of carbonyl (C=O) groups is 1. The third kappa shape index (κ3) is 4.67. The predicted octanol–water partition coefficient (Wildman–Crippen LogP) is 2.80. The quantitative estimate of drug-likeness (QED) is 0.827. The van der Waals surface area contributed by atoms with Crippen LogP contribution in [0.2, 0.25) is 0 Å². The van der Waals surface area contributed by atoms with E-state index in [1.807, 2.05) is 67.4 Å². The number of para-hydroxylation sites is 4. The van der Waals surface area contributed by atoms with Crippen LogP contribution in [0.4, 0.5) is 5.69 Å². The van der Waals surface area contributed by atoms with Gasteiger partial charge in [0.05, 0.1) is 18.8 Å². The summed E-state index contributed by atoms with van der Waals surface area (Å²) >= 11 is 0. The Kier molecular flexibility index (Phi) is 5.96. The average molecular weight is 356 g/mol. The van der Waals surface area contributed by atoms with Gasteiger partial charge >= 0.3 is 0 Å². The van der Waals surface area contributed by atoms with Crippen molar-refractivity contribution in [3.63, 3.8) is 0 Å². The van der Waals surface area contributed by atoms with Crippen molar-refractivity contribution in [3.8, 4) is 17.2 Å². The maximum atomic E-state index is 12.3. The Bertz CT molecular complexity index is 750. The summed E-state index contributed by atoms with van der Waals surface area (Å²) in [4.78, 5) is 14.3. The first-order valence-corrected chi connectivity index (χ1v) is 8.74. The number of anilines is 1. The van der Waals surface area contributed by atoms with Gasteiger partial charge in [-0.3, -0.25) is 9.69 Å². The van der Waals surface area contributed by atoms with Gasteiger partial charge in [-0.15, -0.1) is 0 Å². The fraction of sp³-hybridized carbons (Fsp3) is 0.350. The topological polar surface area (TPSA) is 60.0 Å². The van der Waals surface area contributed by atoms with Gasteiger partial charge in [-0.05, 0) is 38.2 Å². The van der Waals surface area contributed by atoms with Crippen LogP contribution in [0.1, 0.15) is 6.92 Å². The molecule has 0 spiro atoms. The molecule has 1 N–H and O–H groups in total. The minimum Gasteiger partial charge on any atom is -0.492 e. The first-order valence-electron chi connectivity index (χ1n) is 8.74. The average Bonchev–Trinajstić information content (AvgIpc) is 2.63. The van der Waals surface area contributed by atoms with E-state index in [0.717, 1.165) is 11.5 Å². The molecule has 138 valence electrons. The van der Waals surface area contributed by atoms with Gasteiger partial charge in [0.25, 0.3) is 0 Å². The summed E-state index contributed by atoms with van der Waals surface area (Å²) in [5.41, 5.74) is 0.680. The summed E-state index contributed by atoms with van der Waals surface area (Å²) in [6, 6.07) is 15.0. The normalized spacial score (nSPS) is 15.6. The van der Waals surface area contributed by atoms with Crippen LogP contribution in [0.3, 0.4) is 0 Å². The number of nitrogens with zero attached hydrogens (tertiary/aromatic N) is 1. The molecule has 0 fully saturated rings. The summed E-state index contributed by atoms with van der Waals surface area (Å²) < 4.78 is 17.2. The van der Waals surface area contributed by atoms with Crippen molar-refractivity contribution in [2.24, 2.45) is 0 Å². The van der Waals surface area contributed by atoms with Crippen LogP contribution in [0, 0.1) is 0 Å². The first kappa shape index (κ1) is 18.1. The van der Waals surface area contributed by atoms with Gasteiger partial charge in [-0.2, -0.15) is 0 Å². The summed E-state index contributed by atoms with van der Waals surface area (Å²) in [6.45, 7) is 3.77. The van der Waals surface area contributed by atoms with Crippen molar-refractivity contribution < 1.29 is 19.0 Å². The second kappa shape index (κ2) is 8.58. The molecule has 0 bridgehead atoms. The third-order valence-corrected chi connectivity index (χ3v) is 3.96. The molecule has 1 atom stereocenters. The molecule has 6 nitrogen and oxygen atoms in total. The van der Waals surface area contributed by atoms with Gasteiger partial charge in [0, 0.05) is 6.54 Å². The lowest BCUT2D eigenvalue weighted by molar-refractivity contribution is -0.117. The molecule has 0 saturated carbocycles. The summed E-state index contributed by atoms with van der Waals surface area (Å²) in [5.74, 6) is 2.08. The molecule has 0 unspecified atom stereocenters. The molecule has 2 aromatic rings. The molecule has 26 heavy (non-hydrogen) atoms. The van der Waals surface area contributed by atoms with E-state index in [4.69, 9.17) is 14.2 Å². The van der Waals surface area contributed by atoms with Crippen LogP contribution < -0.4 is 19.5 Å². The van der Waals surface area contributed by atoms with Crippen molar-refractivity contribution in [1.29, 1.82) is 0 Å². The van der Waals surface area contributed by atoms with Crippen molar-refractivity contribution in [3.05, 3.63) is 48.5 Å². The van der Waals surface area contributed by atoms with Crippen molar-refractivity contribution in [1.82, 2.24) is 4.90 Å². The highest BCUT2D eigenvalue weighted by molar-refractivity contribution is 5.93. The molecular formula is C20H24N2O4. The Labute approximate surface area is 153 Å². The molecule has 1 aliphatic heterocycles. The predicted molar refractivity (Wildman–Crippen MR) is 100 cm³/mol. The van der Waals surface area contributed by atoms with Crippen LogP contribution in [0.15, 0.2) is 48.5 Å². The minimum atomic E-state index is -0.113. The molecule has 0 radical (unpaired) electrons. The summed E-state index contributed by atoms with van der Waals surface area (Å²) in [5, 5.41) is 2.90. The van der Waals surface area contributed by atoms with Crippen LogP contribution >= 0.6 is 0 Å². The van der Waals surface area contributed by atoms with E-state index in [-0.39, 0.29) is 18.6 Å². The van der Waals surface area contributed by atoms with E-state index in [9.17, 15) is 4.79 Å². The van der Waals surface area contributed by atoms with E-state index in [1.54, 1.807) is 0 Å². The highest BCUT2D eigenvalue weighted by atomic mass is 16.6. The SMILES string of the molecule is CCOc1ccccc1NC(=O)CN(C)C[C@H]1COc2ccccc2O1. The van der Waals surface area contributed by atoms with E-state index < -0.39 is 0 Å². The fourth-order valence-electron chi connectivity index (χ4n) is 2.85. The fourth-order valence-corrected chi connectivity index (χ4v) is 2.85. The monoisotopic (exact) mass is 356 g/mol. The van der Waals surface area contributed by atoms with Gasteiger partial charge in [0.1, 0.15) is 18.5 Å². The number of likely N-dealkylation sites (N-methyl/N-ethyl adjacent to an activating group) is 1. The lowest BCUT2D eigenvalue weighted by Crippen LogP contribution is -2.42. The summed E-state index contributed by atoms with van der Waals surface area (Å²) in [6.07, 6.45) is -0.113. The summed E-state index contributed by atoms with van der Waals surface area (Å²) in [7, 11) is 1.89. The number of carbonyl (C=O) groups excluding carboxylic acids is 1. The Morgan fingerprint density at radius 1 is 1.19 bits per heavy atom. The Morgan fingerprint density at radius 2 is 1.92 bits per heavy atom. The molecule has 2 aromatic carbocycles. The van der Waals surface area contributed by atoms with Gasteiger partial charge in [0.15, 0.2) is 11.5 Å². The lowest BCUT2D eigenvalue weighted by Gasteiger charge is -2.29. The smallest absolute Gasteiger partial charge is 0.238 e. The highest BCUT2D eigenvalue weighted by Crippen LogP contribution is 2.31. The number of benzene rings is 2. The van der Waals surface area contributed by atoms with Crippen LogP contribution in [-0.2, 0) is 4.79 Å². The Morgan fingerprint density at radius 3 is 2.73 bits per heavy atom. The number of hydrogen-bond acceptors (Lipinski definition) is 5. The zero-order chi connectivity index (χ0) is 18.4. The molecule has 3 rings (SSSR count). The number of hydrogen-bond donors (Lipinski definition) is 1. The first-order chi connectivity index (χ1) is 12.7. The van der Waals surface area contributed by atoms with Crippen LogP contribution in [-0.4, -0.2) is 50.3 Å². The Balaban J connectivity index is 1.51. The number of amides is 1. The van der Waals surface area contributed by atoms with E-state index in [1.165, 1.54) is 0 Å². The Hall–Kier alpha value is -2.73. The second-order valence-electron chi connectivity index (χ2n) is 6.17. The molecule has 0 saturated heterocycles. The standard InChI is InChI=1S/C20H24N2O4/c1-3-24-17-9-5-4-8-16(17)21-20(23)13-22(2)12-15-14-25-18-10-6-7-11-19(18)26-15/h4-11,15H,3,12-14H2,1-2H3,(H,21,23)/t15-/m0/s1. The highest BCUT2D eigenvalue weighted by Gasteiger charge is 2.22. The number of fused-ring (bicyclic) bond motifs is 1. The van der Waals surface area contributed by atoms with E-state index in [0.29, 0.717) is 31.2 Å². The maximum absolute atomic E-state index is 12.3. The zero-order valence-electron chi connectivity index (χ0n) is 15.1. The number of nitrogens with one attached hydrogen (secondary N) is 1. The van der Waals surface area contributed by atoms with Crippen LogP contribution in [0.25, 0.3) is 0 Å². The van der Waals surface area contributed by atoms with E-state index in [2.05, 4.69) is 5.32 Å². The molecule has 1 amide bonds. The largest absolute Gasteiger partial charge is 0.492 e. The molecule has 1 heterocycles. The third-order valence-electron chi connectivity index (χ3n) is 3.96. The molecule has 0 aromatic heterocycles. The van der Waals surface area contributed by atoms with E-state index >= 15 is 0 Å². The molecule has 0 aliphatic carbocycles. The maximum Gasteiger partial charge on any atom is 0.238 e. The van der Waals surface area contributed by atoms with Gasteiger partial charge in [-0.1, -0.05) is 24.3 Å². The van der Waals surface area contributed by atoms with Crippen molar-refractivity contribution >= 4 is 11.6 Å². The van der Waals surface area contributed by atoms with Crippen molar-refractivity contribution in [2.45, 2.75) is 13.0 Å². The zero-order valence-corrected chi connectivity index (χ0v) is 15.1. The number of ether oxygens (including phenoxy) is 3. The number of rotatable bonds is 7. The molecular weight excluding hydrogens is 332 g/mol. The van der Waals surface area contributed by atoms with Crippen LogP contribution in [0.5, 0.6) is 17.2 Å². The van der Waals surface area contributed by atoms with Gasteiger partial charge < -0.3 is 19.5 Å². The minimum absolute atomic E-state index is 0.100. The van der Waals surface area contributed by atoms with Gasteiger partial charge in [0.2, 0.25) is 5.91 Å². The van der Waals surface area contributed by atoms with Crippen molar-refractivity contribution in [2.75, 3.05) is 38.7 Å². The molecule has 6 heteroatoms.